The molecule has 0 saturated carbocycles. The van der Waals surface area contributed by atoms with E-state index < -0.39 is 0 Å². The van der Waals surface area contributed by atoms with E-state index in [9.17, 15) is 0 Å². The minimum atomic E-state index is 0.891. The first-order valence-electron chi connectivity index (χ1n) is 39.6. The average molecular weight is 1480 g/mol. The minimum Gasteiger partial charge on any atom is -0.456 e. The lowest BCUT2D eigenvalue weighted by Crippen LogP contribution is -1.91. The van der Waals surface area contributed by atoms with E-state index in [1.165, 1.54) is 172 Å². The molecule has 0 N–H and O–H groups in total. The van der Waals surface area contributed by atoms with Crippen molar-refractivity contribution < 1.29 is 26.5 Å². The predicted octanol–water partition coefficient (Wildman–Crippen LogP) is 32.6. The highest BCUT2D eigenvalue weighted by molar-refractivity contribution is 6.46. The van der Waals surface area contributed by atoms with E-state index in [2.05, 4.69) is 352 Å². The van der Waals surface area contributed by atoms with Gasteiger partial charge in [0.05, 0.1) is 0 Å². The second-order valence-corrected chi connectivity index (χ2v) is 31.4. The van der Waals surface area contributed by atoms with E-state index in [-0.39, 0.29) is 0 Å². The fraction of sp³-hybridized carbons (Fsp3) is 0. The molecule has 0 aliphatic rings. The first-order chi connectivity index (χ1) is 57.5. The van der Waals surface area contributed by atoms with Crippen LogP contribution in [0.1, 0.15) is 0 Å². The molecule has 0 unspecified atom stereocenters. The molecule has 0 aliphatic carbocycles. The fourth-order valence-electron chi connectivity index (χ4n) is 20.5. The number of hydrogen-bond donors (Lipinski definition) is 0. The fourth-order valence-corrected chi connectivity index (χ4v) is 20.5. The Hall–Kier alpha value is -15.5. The molecule has 0 bridgehead atoms. The van der Waals surface area contributed by atoms with Crippen LogP contribution in [-0.2, 0) is 0 Å². The van der Waals surface area contributed by atoms with Crippen LogP contribution in [-0.4, -0.2) is 0 Å². The molecule has 534 valence electrons. The van der Waals surface area contributed by atoms with Crippen LogP contribution in [0.3, 0.4) is 0 Å². The van der Waals surface area contributed by atoms with E-state index in [1.807, 2.05) is 0 Å². The predicted molar refractivity (Wildman–Crippen MR) is 488 cm³/mol. The Kier molecular flexibility index (Phi) is 12.4. The molecule has 0 fully saturated rings. The maximum atomic E-state index is 6.77. The molecule has 6 heteroatoms. The summed E-state index contributed by atoms with van der Waals surface area (Å²) >= 11 is 0. The average Bonchev–Trinajstić information content (AvgIpc) is 0.673. The summed E-state index contributed by atoms with van der Waals surface area (Å²) in [6.45, 7) is 0. The van der Waals surface area contributed by atoms with Crippen molar-refractivity contribution in [1.29, 1.82) is 0 Å². The van der Waals surface area contributed by atoms with Gasteiger partial charge in [-0.1, -0.05) is 243 Å². The highest BCUT2D eigenvalue weighted by atomic mass is 16.3. The van der Waals surface area contributed by atoms with Crippen molar-refractivity contribution in [3.63, 3.8) is 0 Å². The topological polar surface area (TPSA) is 78.8 Å². The molecule has 0 aliphatic heterocycles. The van der Waals surface area contributed by atoms with Gasteiger partial charge in [0.15, 0.2) is 0 Å². The molecule has 29 aromatic rings. The maximum absolute atomic E-state index is 6.77. The van der Waals surface area contributed by atoms with Crippen LogP contribution < -0.4 is 0 Å². The third-order valence-corrected chi connectivity index (χ3v) is 25.3. The summed E-state index contributed by atoms with van der Waals surface area (Å²) in [6, 6.07) is 125. The number of rotatable bonds is 0. The summed E-state index contributed by atoms with van der Waals surface area (Å²) < 4.78 is 39.9. The van der Waals surface area contributed by atoms with E-state index in [0.717, 1.165) is 110 Å². The monoisotopic (exact) mass is 1470 g/mol. The van der Waals surface area contributed by atoms with Gasteiger partial charge < -0.3 is 26.5 Å². The second kappa shape index (κ2) is 23.1. The third kappa shape index (κ3) is 8.57. The van der Waals surface area contributed by atoms with Gasteiger partial charge >= 0.3 is 0 Å². The Morgan fingerprint density at radius 2 is 0.293 bits per heavy atom. The van der Waals surface area contributed by atoms with Gasteiger partial charge in [-0.25, -0.2) is 0 Å². The molecule has 6 nitrogen and oxygen atoms in total. The van der Waals surface area contributed by atoms with Crippen molar-refractivity contribution in [2.45, 2.75) is 0 Å². The van der Waals surface area contributed by atoms with Crippen molar-refractivity contribution in [2.24, 2.45) is 0 Å². The van der Waals surface area contributed by atoms with Crippen molar-refractivity contribution in [1.82, 2.24) is 0 Å². The number of benzene rings is 23. The quantitative estimate of drug-likeness (QED) is 0.111. The largest absolute Gasteiger partial charge is 0.456 e. The van der Waals surface area contributed by atoms with E-state index >= 15 is 0 Å². The molecule has 29 rings (SSSR count). The normalized spacial score (nSPS) is 12.5. The molecule has 0 radical (unpaired) electrons. The van der Waals surface area contributed by atoms with Gasteiger partial charge in [-0.05, 0) is 228 Å². The standard InChI is InChI=1S/C42H22O2.2C34H18O2/c1-3-9-25-21-31-27(19-23(25)7-1)15-17-35-39(31)41-29-11-5-14-34-38(29)42(30-12-6-13-33(43-35)37(30)41)40-32-22-26-10-4-2-8-24(26)20-28(32)16-18-36(40)44-34;1-3-9-21-17-29-25(15-19(21)7-1)31-23-11-5-14-28-34(23)32(24-12-6-13-27(35-29)33(24)31)26-16-20-8-2-4-10-22(20)18-30(26)36-28;1-3-9-21-19(7-1)15-17-27-29(21)33-23-11-5-14-26-32(23)34(24-12-6-13-25(35-27)31(24)33)30-22-10-4-2-8-20(22)16-18-28(30)36-26/h1-22H;2*1-18H. The molecule has 116 heavy (non-hydrogen) atoms. The van der Waals surface area contributed by atoms with Gasteiger partial charge in [-0.3, -0.25) is 0 Å². The Bertz CT molecular complexity index is 8960. The smallest absolute Gasteiger partial charge is 0.135 e. The number of fused-ring (bicyclic) bond motifs is 30. The Morgan fingerprint density at radius 3 is 0.603 bits per heavy atom. The van der Waals surface area contributed by atoms with Crippen LogP contribution in [0.25, 0.3) is 282 Å². The third-order valence-electron chi connectivity index (χ3n) is 25.3. The lowest BCUT2D eigenvalue weighted by Gasteiger charge is -2.18. The molecule has 0 spiro atoms. The lowest BCUT2D eigenvalue weighted by atomic mass is 9.87. The van der Waals surface area contributed by atoms with Crippen LogP contribution in [0, 0.1) is 0 Å². The minimum absolute atomic E-state index is 0.891. The Balaban J connectivity index is 0.0000000938. The van der Waals surface area contributed by atoms with Gasteiger partial charge in [-0.2, -0.15) is 0 Å². The van der Waals surface area contributed by atoms with Gasteiger partial charge in [-0.15, -0.1) is 0 Å². The molecule has 0 amide bonds. The molecule has 6 aromatic heterocycles. The second-order valence-electron chi connectivity index (χ2n) is 31.4. The van der Waals surface area contributed by atoms with E-state index in [4.69, 9.17) is 26.5 Å². The van der Waals surface area contributed by atoms with Gasteiger partial charge in [0, 0.05) is 97.0 Å². The summed E-state index contributed by atoms with van der Waals surface area (Å²) in [4.78, 5) is 0. The molecule has 6 heterocycles. The first kappa shape index (κ1) is 62.2. The van der Waals surface area contributed by atoms with Crippen molar-refractivity contribution >= 4 is 282 Å². The van der Waals surface area contributed by atoms with Crippen molar-refractivity contribution in [3.8, 4) is 0 Å². The number of hydrogen-bond acceptors (Lipinski definition) is 6. The Labute approximate surface area is 656 Å². The summed E-state index contributed by atoms with van der Waals surface area (Å²) in [5.74, 6) is 0. The zero-order valence-electron chi connectivity index (χ0n) is 61.9. The molecule has 0 saturated heterocycles. The van der Waals surface area contributed by atoms with Gasteiger partial charge in [0.25, 0.3) is 0 Å². The molecule has 23 aromatic carbocycles. The van der Waals surface area contributed by atoms with E-state index in [0.29, 0.717) is 0 Å². The highest BCUT2D eigenvalue weighted by Crippen LogP contribution is 2.53. The van der Waals surface area contributed by atoms with Gasteiger partial charge in [0.1, 0.15) is 67.0 Å². The molecule has 0 atom stereocenters. The van der Waals surface area contributed by atoms with Crippen LogP contribution in [0.4, 0.5) is 0 Å². The van der Waals surface area contributed by atoms with Gasteiger partial charge in [0.2, 0.25) is 0 Å². The summed E-state index contributed by atoms with van der Waals surface area (Å²) in [5.41, 5.74) is 10.8. The van der Waals surface area contributed by atoms with Crippen molar-refractivity contribution in [2.75, 3.05) is 0 Å². The summed E-state index contributed by atoms with van der Waals surface area (Å²) in [6.07, 6.45) is 0. The molecular formula is C110H58O6. The zero-order chi connectivity index (χ0) is 75.3. The SMILES string of the molecule is c1ccc2c(c1)ccc1oc3cccc4c3c(c3cccc5oc6ccc7ccccc7c6c4c53)c12.c1ccc2cc3c(cc2c1)oc1cccc2c1c3c1cccc3oc4cc5ccccc5cc4c2c31.c1ccc2cc3c(ccc4oc5cccc6c5c(c5cccc7oc8ccc9cc%10ccccc%10cc9c8c6c75)c43)cc2c1. The lowest BCUT2D eigenvalue weighted by molar-refractivity contribution is 0.661. The molecular weight excluding hydrogens is 1420 g/mol. The van der Waals surface area contributed by atoms with E-state index in [1.54, 1.807) is 0 Å². The van der Waals surface area contributed by atoms with Crippen LogP contribution in [0.5, 0.6) is 0 Å². The van der Waals surface area contributed by atoms with Crippen molar-refractivity contribution in [3.05, 3.63) is 352 Å². The van der Waals surface area contributed by atoms with Crippen LogP contribution >= 0.6 is 0 Å². The highest BCUT2D eigenvalue weighted by Gasteiger charge is 2.27. The first-order valence-corrected chi connectivity index (χ1v) is 39.6. The summed E-state index contributed by atoms with van der Waals surface area (Å²) in [5, 5.41) is 47.7. The Morgan fingerprint density at radius 1 is 0.0948 bits per heavy atom. The zero-order valence-corrected chi connectivity index (χ0v) is 61.9. The van der Waals surface area contributed by atoms with Crippen LogP contribution in [0.15, 0.2) is 378 Å². The van der Waals surface area contributed by atoms with Crippen LogP contribution in [0.2, 0.25) is 0 Å². The summed E-state index contributed by atoms with van der Waals surface area (Å²) in [7, 11) is 0. The maximum Gasteiger partial charge on any atom is 0.135 e.